The number of rotatable bonds is 8. The summed E-state index contributed by atoms with van der Waals surface area (Å²) in [5.74, 6) is -3.12. The topological polar surface area (TPSA) is 110 Å². The normalized spacial score (nSPS) is 11.0. The molecule has 0 amide bonds. The molecule has 0 aliphatic carbocycles. The second-order valence-electron chi connectivity index (χ2n) is 5.62. The summed E-state index contributed by atoms with van der Waals surface area (Å²) in [5, 5.41) is 8.91. The summed E-state index contributed by atoms with van der Waals surface area (Å²) < 4.78 is 45.5. The molecule has 0 aromatic heterocycles. The van der Waals surface area contributed by atoms with Crippen LogP contribution in [0.25, 0.3) is 0 Å². The van der Waals surface area contributed by atoms with Crippen LogP contribution in [0.2, 0.25) is 0 Å². The zero-order chi connectivity index (χ0) is 20.0. The zero-order valence-corrected chi connectivity index (χ0v) is 15.3. The molecular formula is C18H18FNO6S. The van der Waals surface area contributed by atoms with Crippen LogP contribution in [0.15, 0.2) is 47.4 Å². The van der Waals surface area contributed by atoms with Crippen molar-refractivity contribution in [3.63, 3.8) is 0 Å². The van der Waals surface area contributed by atoms with E-state index in [0.29, 0.717) is 6.61 Å². The first-order chi connectivity index (χ1) is 12.7. The highest BCUT2D eigenvalue weighted by molar-refractivity contribution is 7.92. The van der Waals surface area contributed by atoms with Crippen LogP contribution in [0.4, 0.5) is 10.1 Å². The summed E-state index contributed by atoms with van der Waals surface area (Å²) in [6.07, 6.45) is 1.64. The number of carboxylic acids is 1. The third-order valence-corrected chi connectivity index (χ3v) is 4.96. The van der Waals surface area contributed by atoms with Gasteiger partial charge in [0.15, 0.2) is 0 Å². The Morgan fingerprint density at radius 2 is 1.81 bits per heavy atom. The molecule has 0 saturated heterocycles. The molecule has 2 N–H and O–H groups in total. The molecule has 7 nitrogen and oxygen atoms in total. The van der Waals surface area contributed by atoms with Gasteiger partial charge in [-0.2, -0.15) is 0 Å². The number of ether oxygens (including phenoxy) is 1. The van der Waals surface area contributed by atoms with E-state index in [0.717, 1.165) is 31.0 Å². The van der Waals surface area contributed by atoms with Crippen LogP contribution in [-0.2, 0) is 14.8 Å². The summed E-state index contributed by atoms with van der Waals surface area (Å²) in [6, 6.07) is 8.01. The average molecular weight is 395 g/mol. The third-order valence-electron chi connectivity index (χ3n) is 3.58. The highest BCUT2D eigenvalue weighted by atomic mass is 32.2. The lowest BCUT2D eigenvalue weighted by atomic mass is 10.2. The monoisotopic (exact) mass is 395 g/mol. The number of hydrogen-bond acceptors (Lipinski definition) is 5. The first-order valence-corrected chi connectivity index (χ1v) is 9.55. The Morgan fingerprint density at radius 3 is 2.41 bits per heavy atom. The molecule has 0 atom stereocenters. The molecule has 2 rings (SSSR count). The predicted octanol–water partition coefficient (Wildman–Crippen LogP) is 3.28. The molecule has 0 fully saturated rings. The van der Waals surface area contributed by atoms with E-state index >= 15 is 0 Å². The van der Waals surface area contributed by atoms with Gasteiger partial charge in [0, 0.05) is 5.69 Å². The van der Waals surface area contributed by atoms with Gasteiger partial charge in [0.05, 0.1) is 22.6 Å². The average Bonchev–Trinajstić information content (AvgIpc) is 2.62. The van der Waals surface area contributed by atoms with Crippen LogP contribution in [0, 0.1) is 5.82 Å². The maximum Gasteiger partial charge on any atom is 0.338 e. The molecule has 144 valence electrons. The Labute approximate surface area is 155 Å². The Kier molecular flexibility index (Phi) is 6.51. The van der Waals surface area contributed by atoms with Crippen LogP contribution in [0.3, 0.4) is 0 Å². The highest BCUT2D eigenvalue weighted by Gasteiger charge is 2.19. The number of carboxylic acid groups (broad SMARTS) is 1. The van der Waals surface area contributed by atoms with Crippen LogP contribution in [0.1, 0.15) is 40.5 Å². The minimum atomic E-state index is -4.13. The molecule has 0 aliphatic heterocycles. The van der Waals surface area contributed by atoms with E-state index < -0.39 is 38.2 Å². The number of carbonyl (C=O) groups excluding carboxylic acids is 1. The molecule has 2 aromatic carbocycles. The van der Waals surface area contributed by atoms with E-state index in [2.05, 4.69) is 4.72 Å². The lowest BCUT2D eigenvalue weighted by Gasteiger charge is -2.10. The number of benzene rings is 2. The standard InChI is InChI=1S/C18H18FNO6S/c1-2-3-10-26-18(23)12-4-6-13(7-5-12)20-27(24,25)14-8-9-16(19)15(11-14)17(21)22/h4-9,11,20H,2-3,10H2,1H3,(H,21,22). The van der Waals surface area contributed by atoms with Crippen LogP contribution in [0.5, 0.6) is 0 Å². The molecule has 0 spiro atoms. The maximum absolute atomic E-state index is 13.4. The van der Waals surface area contributed by atoms with Gasteiger partial charge < -0.3 is 9.84 Å². The van der Waals surface area contributed by atoms with Crippen molar-refractivity contribution < 1.29 is 32.2 Å². The van der Waals surface area contributed by atoms with Gasteiger partial charge in [0.1, 0.15) is 5.82 Å². The number of halogens is 1. The fourth-order valence-electron chi connectivity index (χ4n) is 2.12. The summed E-state index contributed by atoms with van der Waals surface area (Å²) in [4.78, 5) is 22.4. The lowest BCUT2D eigenvalue weighted by molar-refractivity contribution is 0.0499. The van der Waals surface area contributed by atoms with Gasteiger partial charge in [-0.3, -0.25) is 4.72 Å². The molecule has 0 saturated carbocycles. The molecule has 0 bridgehead atoms. The van der Waals surface area contributed by atoms with Gasteiger partial charge in [-0.1, -0.05) is 13.3 Å². The molecular weight excluding hydrogens is 377 g/mol. The van der Waals surface area contributed by atoms with Crippen molar-refractivity contribution in [3.8, 4) is 0 Å². The Balaban J connectivity index is 2.15. The van der Waals surface area contributed by atoms with Gasteiger partial charge in [0.2, 0.25) is 0 Å². The minimum absolute atomic E-state index is 0.154. The number of carbonyl (C=O) groups is 2. The van der Waals surface area contributed by atoms with Crippen LogP contribution < -0.4 is 4.72 Å². The van der Waals surface area contributed by atoms with Gasteiger partial charge >= 0.3 is 11.9 Å². The zero-order valence-electron chi connectivity index (χ0n) is 14.4. The third kappa shape index (κ3) is 5.27. The van der Waals surface area contributed by atoms with Crippen LogP contribution >= 0.6 is 0 Å². The molecule has 2 aromatic rings. The Morgan fingerprint density at radius 1 is 1.15 bits per heavy atom. The predicted molar refractivity (Wildman–Crippen MR) is 95.8 cm³/mol. The molecule has 0 radical (unpaired) electrons. The smallest absolute Gasteiger partial charge is 0.338 e. The molecule has 0 unspecified atom stereocenters. The van der Waals surface area contributed by atoms with Crippen LogP contribution in [-0.4, -0.2) is 32.1 Å². The number of nitrogens with one attached hydrogen (secondary N) is 1. The number of sulfonamides is 1. The summed E-state index contributed by atoms with van der Waals surface area (Å²) >= 11 is 0. The van der Waals surface area contributed by atoms with Gasteiger partial charge in [0.25, 0.3) is 10.0 Å². The van der Waals surface area contributed by atoms with Crippen molar-refractivity contribution in [1.29, 1.82) is 0 Å². The van der Waals surface area contributed by atoms with Gasteiger partial charge in [-0.25, -0.2) is 22.4 Å². The number of anilines is 1. The largest absolute Gasteiger partial charge is 0.478 e. The quantitative estimate of drug-likeness (QED) is 0.524. The second kappa shape index (κ2) is 8.63. The van der Waals surface area contributed by atoms with Crippen molar-refractivity contribution in [2.75, 3.05) is 11.3 Å². The first kappa shape index (κ1) is 20.4. The van der Waals surface area contributed by atoms with Crippen molar-refractivity contribution in [1.82, 2.24) is 0 Å². The Hall–Kier alpha value is -2.94. The summed E-state index contributed by atoms with van der Waals surface area (Å²) in [5.41, 5.74) is -0.326. The number of esters is 1. The Bertz CT molecular complexity index is 941. The van der Waals surface area contributed by atoms with E-state index in [4.69, 9.17) is 9.84 Å². The summed E-state index contributed by atoms with van der Waals surface area (Å²) in [6.45, 7) is 2.27. The number of aromatic carboxylic acids is 1. The SMILES string of the molecule is CCCCOC(=O)c1ccc(NS(=O)(=O)c2ccc(F)c(C(=O)O)c2)cc1. The van der Waals surface area contributed by atoms with E-state index in [-0.39, 0.29) is 11.3 Å². The second-order valence-corrected chi connectivity index (χ2v) is 7.30. The molecule has 0 heterocycles. The lowest BCUT2D eigenvalue weighted by Crippen LogP contribution is -2.14. The van der Waals surface area contributed by atoms with Crippen molar-refractivity contribution in [2.45, 2.75) is 24.7 Å². The van der Waals surface area contributed by atoms with E-state index in [1.807, 2.05) is 6.92 Å². The molecule has 0 aliphatic rings. The number of unbranched alkanes of at least 4 members (excludes halogenated alkanes) is 1. The van der Waals surface area contributed by atoms with Crippen molar-refractivity contribution in [2.24, 2.45) is 0 Å². The van der Waals surface area contributed by atoms with Gasteiger partial charge in [-0.05, 0) is 48.9 Å². The number of hydrogen-bond donors (Lipinski definition) is 2. The highest BCUT2D eigenvalue weighted by Crippen LogP contribution is 2.20. The van der Waals surface area contributed by atoms with Crippen molar-refractivity contribution in [3.05, 3.63) is 59.4 Å². The fraction of sp³-hybridized carbons (Fsp3) is 0.222. The van der Waals surface area contributed by atoms with E-state index in [1.54, 1.807) is 0 Å². The maximum atomic E-state index is 13.4. The first-order valence-electron chi connectivity index (χ1n) is 8.07. The summed E-state index contributed by atoms with van der Waals surface area (Å²) in [7, 11) is -4.13. The molecule has 27 heavy (non-hydrogen) atoms. The van der Waals surface area contributed by atoms with E-state index in [1.165, 1.54) is 24.3 Å². The molecule has 9 heteroatoms. The van der Waals surface area contributed by atoms with E-state index in [9.17, 15) is 22.4 Å². The van der Waals surface area contributed by atoms with Crippen molar-refractivity contribution >= 4 is 27.6 Å². The fourth-order valence-corrected chi connectivity index (χ4v) is 3.20. The van der Waals surface area contributed by atoms with Gasteiger partial charge in [-0.15, -0.1) is 0 Å². The minimum Gasteiger partial charge on any atom is -0.478 e.